The van der Waals surface area contributed by atoms with Crippen molar-refractivity contribution in [2.75, 3.05) is 5.32 Å². The lowest BCUT2D eigenvalue weighted by atomic mass is 10.3. The molecule has 0 saturated carbocycles. The SMILES string of the molecule is Cc1c(Br)c(C(F)(F)F)nn1CCC(=O)Nc1ccncc1. The zero-order chi connectivity index (χ0) is 16.3. The van der Waals surface area contributed by atoms with E-state index in [4.69, 9.17) is 0 Å². The fourth-order valence-corrected chi connectivity index (χ4v) is 2.30. The number of rotatable bonds is 4. The molecule has 2 heterocycles. The third-order valence-corrected chi connectivity index (χ3v) is 3.87. The number of aromatic nitrogens is 3. The summed E-state index contributed by atoms with van der Waals surface area (Å²) in [5, 5.41) is 6.14. The summed E-state index contributed by atoms with van der Waals surface area (Å²) < 4.78 is 39.3. The first-order chi connectivity index (χ1) is 10.3. The van der Waals surface area contributed by atoms with E-state index in [0.717, 1.165) is 0 Å². The second-order valence-corrected chi connectivity index (χ2v) is 5.30. The minimum atomic E-state index is -4.53. The van der Waals surface area contributed by atoms with Crippen LogP contribution >= 0.6 is 15.9 Å². The van der Waals surface area contributed by atoms with Gasteiger partial charge in [0, 0.05) is 24.5 Å². The number of nitrogens with one attached hydrogen (secondary N) is 1. The first kappa shape index (κ1) is 16.5. The Labute approximate surface area is 132 Å². The molecule has 5 nitrogen and oxygen atoms in total. The van der Waals surface area contributed by atoms with E-state index >= 15 is 0 Å². The Morgan fingerprint density at radius 1 is 1.36 bits per heavy atom. The van der Waals surface area contributed by atoms with E-state index in [2.05, 4.69) is 31.3 Å². The average molecular weight is 377 g/mol. The molecule has 9 heteroatoms. The highest BCUT2D eigenvalue weighted by Gasteiger charge is 2.37. The zero-order valence-electron chi connectivity index (χ0n) is 11.5. The summed E-state index contributed by atoms with van der Waals surface area (Å²) in [6, 6.07) is 3.24. The van der Waals surface area contributed by atoms with Crippen molar-refractivity contribution in [3.63, 3.8) is 0 Å². The number of carbonyl (C=O) groups is 1. The summed E-state index contributed by atoms with van der Waals surface area (Å²) in [5.41, 5.74) is -0.0853. The van der Waals surface area contributed by atoms with Crippen LogP contribution in [0.5, 0.6) is 0 Å². The molecule has 0 aliphatic heterocycles. The number of anilines is 1. The number of halogens is 4. The highest BCUT2D eigenvalue weighted by atomic mass is 79.9. The highest BCUT2D eigenvalue weighted by Crippen LogP contribution is 2.35. The Balaban J connectivity index is 2.01. The number of carbonyl (C=O) groups excluding carboxylic acids is 1. The molecule has 22 heavy (non-hydrogen) atoms. The number of aryl methyl sites for hydroxylation is 1. The van der Waals surface area contributed by atoms with Crippen molar-refractivity contribution in [2.24, 2.45) is 0 Å². The Kier molecular flexibility index (Phi) is 4.84. The molecule has 118 valence electrons. The minimum Gasteiger partial charge on any atom is -0.326 e. The molecule has 0 aliphatic rings. The predicted molar refractivity (Wildman–Crippen MR) is 77.1 cm³/mol. The van der Waals surface area contributed by atoms with Crippen LogP contribution in [-0.2, 0) is 17.5 Å². The van der Waals surface area contributed by atoms with Gasteiger partial charge in [0.25, 0.3) is 0 Å². The van der Waals surface area contributed by atoms with Crippen LogP contribution in [0.2, 0.25) is 0 Å². The van der Waals surface area contributed by atoms with E-state index in [-0.39, 0.29) is 23.3 Å². The maximum atomic E-state index is 12.7. The molecule has 0 fully saturated rings. The Bertz CT molecular complexity index is 670. The Morgan fingerprint density at radius 2 is 2.00 bits per heavy atom. The standard InChI is InChI=1S/C13H12BrF3N4O/c1-8-11(14)12(13(15,16)17)20-21(8)7-4-10(22)19-9-2-5-18-6-3-9/h2-3,5-6H,4,7H2,1H3,(H,18,19,22). The molecule has 0 unspecified atom stereocenters. The second-order valence-electron chi connectivity index (χ2n) is 4.50. The van der Waals surface area contributed by atoms with Gasteiger partial charge in [-0.2, -0.15) is 18.3 Å². The first-order valence-corrected chi connectivity index (χ1v) is 7.08. The molecule has 0 spiro atoms. The molecule has 2 rings (SSSR count). The van der Waals surface area contributed by atoms with Crippen LogP contribution in [0.15, 0.2) is 29.0 Å². The monoisotopic (exact) mass is 376 g/mol. The fourth-order valence-electron chi connectivity index (χ4n) is 1.79. The van der Waals surface area contributed by atoms with Crippen LogP contribution in [0, 0.1) is 6.92 Å². The summed E-state index contributed by atoms with van der Waals surface area (Å²) in [6.45, 7) is 1.56. The Morgan fingerprint density at radius 3 is 2.55 bits per heavy atom. The summed E-state index contributed by atoms with van der Waals surface area (Å²) in [7, 11) is 0. The van der Waals surface area contributed by atoms with Gasteiger partial charge in [-0.3, -0.25) is 14.5 Å². The molecule has 2 aromatic heterocycles. The van der Waals surface area contributed by atoms with Gasteiger partial charge in [0.1, 0.15) is 0 Å². The summed E-state index contributed by atoms with van der Waals surface area (Å²) >= 11 is 2.89. The highest BCUT2D eigenvalue weighted by molar-refractivity contribution is 9.10. The molecular formula is C13H12BrF3N4O. The largest absolute Gasteiger partial charge is 0.436 e. The lowest BCUT2D eigenvalue weighted by molar-refractivity contribution is -0.142. The molecule has 0 saturated heterocycles. The van der Waals surface area contributed by atoms with Gasteiger partial charge in [0.2, 0.25) is 5.91 Å². The molecule has 2 aromatic rings. The van der Waals surface area contributed by atoms with E-state index in [1.54, 1.807) is 12.1 Å². The number of amides is 1. The van der Waals surface area contributed by atoms with Gasteiger partial charge >= 0.3 is 6.18 Å². The van der Waals surface area contributed by atoms with Gasteiger partial charge in [-0.25, -0.2) is 0 Å². The first-order valence-electron chi connectivity index (χ1n) is 6.29. The summed E-state index contributed by atoms with van der Waals surface area (Å²) in [5.74, 6) is -0.314. The fraction of sp³-hybridized carbons (Fsp3) is 0.308. The van der Waals surface area contributed by atoms with Crippen LogP contribution in [0.1, 0.15) is 17.8 Å². The van der Waals surface area contributed by atoms with Gasteiger partial charge < -0.3 is 5.32 Å². The maximum absolute atomic E-state index is 12.7. The number of nitrogens with zero attached hydrogens (tertiary/aromatic N) is 3. The second kappa shape index (κ2) is 6.47. The smallest absolute Gasteiger partial charge is 0.326 e. The number of hydrogen-bond donors (Lipinski definition) is 1. The molecule has 0 aliphatic carbocycles. The number of alkyl halides is 3. The molecule has 0 atom stereocenters. The molecule has 0 radical (unpaired) electrons. The van der Waals surface area contributed by atoms with Crippen LogP contribution in [0.4, 0.5) is 18.9 Å². The third-order valence-electron chi connectivity index (χ3n) is 2.92. The van der Waals surface area contributed by atoms with Crippen LogP contribution in [-0.4, -0.2) is 20.7 Å². The van der Waals surface area contributed by atoms with E-state index in [1.807, 2.05) is 0 Å². The van der Waals surface area contributed by atoms with Crippen LogP contribution in [0.3, 0.4) is 0 Å². The number of hydrogen-bond acceptors (Lipinski definition) is 3. The molecule has 1 N–H and O–H groups in total. The summed E-state index contributed by atoms with van der Waals surface area (Å²) in [4.78, 5) is 15.6. The zero-order valence-corrected chi connectivity index (χ0v) is 13.1. The van der Waals surface area contributed by atoms with Gasteiger partial charge in [-0.1, -0.05) is 0 Å². The van der Waals surface area contributed by atoms with Crippen LogP contribution < -0.4 is 5.32 Å². The normalized spacial score (nSPS) is 11.5. The van der Waals surface area contributed by atoms with Gasteiger partial charge in [0.05, 0.1) is 16.7 Å². The lowest BCUT2D eigenvalue weighted by Crippen LogP contribution is -2.16. The molecule has 1 amide bonds. The summed E-state index contributed by atoms with van der Waals surface area (Å²) in [6.07, 6.45) is -1.47. The average Bonchev–Trinajstić information content (AvgIpc) is 2.74. The van der Waals surface area contributed by atoms with E-state index < -0.39 is 11.9 Å². The maximum Gasteiger partial charge on any atom is 0.436 e. The van der Waals surface area contributed by atoms with Gasteiger partial charge in [-0.15, -0.1) is 0 Å². The molecule has 0 bridgehead atoms. The van der Waals surface area contributed by atoms with Crippen molar-refractivity contribution in [1.29, 1.82) is 0 Å². The van der Waals surface area contributed by atoms with E-state index in [1.165, 1.54) is 24.0 Å². The van der Waals surface area contributed by atoms with Crippen molar-refractivity contribution >= 4 is 27.5 Å². The Hall–Kier alpha value is -1.90. The van der Waals surface area contributed by atoms with Crippen LogP contribution in [0.25, 0.3) is 0 Å². The van der Waals surface area contributed by atoms with Gasteiger partial charge in [0.15, 0.2) is 5.69 Å². The van der Waals surface area contributed by atoms with Crippen molar-refractivity contribution in [3.8, 4) is 0 Å². The lowest BCUT2D eigenvalue weighted by Gasteiger charge is -2.06. The minimum absolute atomic E-state index is 0.00851. The third kappa shape index (κ3) is 3.85. The predicted octanol–water partition coefficient (Wildman–Crippen LogP) is 3.40. The number of pyridine rings is 1. The van der Waals surface area contributed by atoms with E-state index in [9.17, 15) is 18.0 Å². The van der Waals surface area contributed by atoms with Gasteiger partial charge in [-0.05, 0) is 35.0 Å². The van der Waals surface area contributed by atoms with Crippen molar-refractivity contribution in [3.05, 3.63) is 40.4 Å². The molecular weight excluding hydrogens is 365 g/mol. The topological polar surface area (TPSA) is 59.8 Å². The van der Waals surface area contributed by atoms with Crippen molar-refractivity contribution < 1.29 is 18.0 Å². The van der Waals surface area contributed by atoms with Crippen molar-refractivity contribution in [1.82, 2.24) is 14.8 Å². The molecule has 0 aromatic carbocycles. The van der Waals surface area contributed by atoms with E-state index in [0.29, 0.717) is 11.4 Å². The van der Waals surface area contributed by atoms with Crippen molar-refractivity contribution in [2.45, 2.75) is 26.1 Å². The quantitative estimate of drug-likeness (QED) is 0.889.